The first-order valence-electron chi connectivity index (χ1n) is 11.5. The highest BCUT2D eigenvalue weighted by Crippen LogP contribution is 2.37. The summed E-state index contributed by atoms with van der Waals surface area (Å²) >= 11 is 6.07. The second-order valence-corrected chi connectivity index (χ2v) is 9.25. The third kappa shape index (κ3) is 5.22. The fourth-order valence-corrected chi connectivity index (χ4v) is 4.57. The molecule has 12 heteroatoms. The largest absolute Gasteiger partial charge is 0.573 e. The topological polar surface area (TPSA) is 86.7 Å². The summed E-state index contributed by atoms with van der Waals surface area (Å²) in [4.78, 5) is 11.2. The Labute approximate surface area is 223 Å². The lowest BCUT2D eigenvalue weighted by atomic mass is 10.0. The number of aromatic nitrogens is 2. The number of halogens is 5. The molecule has 0 saturated heterocycles. The predicted molar refractivity (Wildman–Crippen MR) is 134 cm³/mol. The van der Waals surface area contributed by atoms with E-state index in [-0.39, 0.29) is 12.2 Å². The summed E-state index contributed by atoms with van der Waals surface area (Å²) in [6.45, 7) is 3.04. The van der Waals surface area contributed by atoms with Crippen LogP contribution in [0.15, 0.2) is 59.1 Å². The molecule has 1 N–H and O–H groups in total. The zero-order valence-electron chi connectivity index (χ0n) is 20.3. The molecule has 2 heterocycles. The zero-order valence-corrected chi connectivity index (χ0v) is 21.1. The Bertz CT molecular complexity index is 1730. The Hall–Kier alpha value is -4.25. The van der Waals surface area contributed by atoms with Gasteiger partial charge < -0.3 is 19.1 Å². The summed E-state index contributed by atoms with van der Waals surface area (Å²) in [6, 6.07) is 12.9. The summed E-state index contributed by atoms with van der Waals surface area (Å²) in [6.07, 6.45) is -6.05. The van der Waals surface area contributed by atoms with Crippen LogP contribution in [-0.2, 0) is 11.2 Å². The van der Waals surface area contributed by atoms with E-state index < -0.39 is 30.0 Å². The maximum atomic E-state index is 14.4. The first-order chi connectivity index (χ1) is 18.4. The van der Waals surface area contributed by atoms with Crippen molar-refractivity contribution >= 4 is 39.4 Å². The van der Waals surface area contributed by atoms with E-state index in [2.05, 4.69) is 9.89 Å². The number of hydrogen-bond donors (Lipinski definition) is 1. The van der Waals surface area contributed by atoms with Gasteiger partial charge in [0.25, 0.3) is 0 Å². The van der Waals surface area contributed by atoms with Gasteiger partial charge in [0.15, 0.2) is 29.1 Å². The van der Waals surface area contributed by atoms with Crippen LogP contribution in [0.1, 0.15) is 23.7 Å². The van der Waals surface area contributed by atoms with Crippen molar-refractivity contribution in [3.05, 3.63) is 82.3 Å². The fraction of sp³-hybridized carbons (Fsp3) is 0.185. The standard InChI is InChI=1S/C27H19ClF4N2O5/c1-13-19(9-15-3-7-21(29)24(10-15)37-14(2)26(35)36)20-12-17(38-27(30,31)32)5-8-22(20)34(13)25-18-6-4-16(28)11-23(18)39-33-25/h3-8,10-12,14H,9H2,1-2H3,(H,35,36). The average molecular weight is 563 g/mol. The average Bonchev–Trinajstić information content (AvgIpc) is 3.37. The van der Waals surface area contributed by atoms with Crippen molar-refractivity contribution in [3.8, 4) is 17.3 Å². The summed E-state index contributed by atoms with van der Waals surface area (Å²) < 4.78 is 70.0. The van der Waals surface area contributed by atoms with Gasteiger partial charge in [-0.25, -0.2) is 9.18 Å². The molecule has 0 saturated carbocycles. The first-order valence-corrected chi connectivity index (χ1v) is 11.9. The third-order valence-electron chi connectivity index (χ3n) is 6.19. The van der Waals surface area contributed by atoms with Gasteiger partial charge in [-0.3, -0.25) is 4.57 Å². The van der Waals surface area contributed by atoms with Crippen LogP contribution in [0.3, 0.4) is 0 Å². The molecule has 2 aromatic heterocycles. The van der Waals surface area contributed by atoms with Crippen LogP contribution >= 0.6 is 11.6 Å². The van der Waals surface area contributed by atoms with Gasteiger partial charge >= 0.3 is 12.3 Å². The van der Waals surface area contributed by atoms with E-state index in [0.717, 1.165) is 6.07 Å². The fourth-order valence-electron chi connectivity index (χ4n) is 4.41. The number of carboxylic acids is 1. The van der Waals surface area contributed by atoms with E-state index in [9.17, 15) is 22.4 Å². The number of nitrogens with zero attached hydrogens (tertiary/aromatic N) is 2. The molecule has 202 valence electrons. The maximum Gasteiger partial charge on any atom is 0.573 e. The van der Waals surface area contributed by atoms with E-state index in [1.807, 2.05) is 0 Å². The molecule has 1 unspecified atom stereocenters. The molecule has 0 radical (unpaired) electrons. The number of fused-ring (bicyclic) bond motifs is 2. The van der Waals surface area contributed by atoms with Crippen molar-refractivity contribution < 1.29 is 41.5 Å². The van der Waals surface area contributed by atoms with Crippen LogP contribution in [0.2, 0.25) is 5.02 Å². The molecular formula is C27H19ClF4N2O5. The summed E-state index contributed by atoms with van der Waals surface area (Å²) in [5.74, 6) is -2.29. The van der Waals surface area contributed by atoms with Crippen LogP contribution in [0.4, 0.5) is 17.6 Å². The Morgan fingerprint density at radius 3 is 2.62 bits per heavy atom. The molecule has 39 heavy (non-hydrogen) atoms. The third-order valence-corrected chi connectivity index (χ3v) is 6.43. The van der Waals surface area contributed by atoms with Crippen molar-refractivity contribution in [1.29, 1.82) is 0 Å². The van der Waals surface area contributed by atoms with Crippen molar-refractivity contribution in [2.45, 2.75) is 32.7 Å². The van der Waals surface area contributed by atoms with Crippen molar-refractivity contribution in [2.75, 3.05) is 0 Å². The molecule has 0 aliphatic rings. The molecule has 0 amide bonds. The number of hydrogen-bond acceptors (Lipinski definition) is 5. The summed E-state index contributed by atoms with van der Waals surface area (Å²) in [5.41, 5.74) is 2.71. The zero-order chi connectivity index (χ0) is 28.1. The molecule has 3 aromatic carbocycles. The Morgan fingerprint density at radius 2 is 1.90 bits per heavy atom. The lowest BCUT2D eigenvalue weighted by Crippen LogP contribution is -2.23. The lowest BCUT2D eigenvalue weighted by molar-refractivity contribution is -0.274. The first kappa shape index (κ1) is 26.4. The molecule has 5 rings (SSSR count). The second kappa shape index (κ2) is 9.81. The van der Waals surface area contributed by atoms with Gasteiger partial charge in [0.2, 0.25) is 0 Å². The van der Waals surface area contributed by atoms with Crippen LogP contribution in [-0.4, -0.2) is 33.3 Å². The van der Waals surface area contributed by atoms with Gasteiger partial charge in [-0.1, -0.05) is 22.8 Å². The Balaban J connectivity index is 1.66. The van der Waals surface area contributed by atoms with Gasteiger partial charge in [0.05, 0.1) is 10.9 Å². The molecular weight excluding hydrogens is 544 g/mol. The summed E-state index contributed by atoms with van der Waals surface area (Å²) in [5, 5.41) is 14.8. The van der Waals surface area contributed by atoms with Crippen LogP contribution < -0.4 is 9.47 Å². The van der Waals surface area contributed by atoms with E-state index >= 15 is 0 Å². The Kier molecular flexibility index (Phi) is 6.63. The van der Waals surface area contributed by atoms with Crippen LogP contribution in [0.25, 0.3) is 27.7 Å². The van der Waals surface area contributed by atoms with Gasteiger partial charge in [0.1, 0.15) is 5.75 Å². The Morgan fingerprint density at radius 1 is 1.13 bits per heavy atom. The highest BCUT2D eigenvalue weighted by Gasteiger charge is 2.31. The van der Waals surface area contributed by atoms with E-state index in [1.54, 1.807) is 29.7 Å². The second-order valence-electron chi connectivity index (χ2n) is 8.81. The minimum atomic E-state index is -4.89. The van der Waals surface area contributed by atoms with Gasteiger partial charge in [-0.15, -0.1) is 13.2 Å². The molecule has 0 bridgehead atoms. The smallest absolute Gasteiger partial charge is 0.479 e. The van der Waals surface area contributed by atoms with Gasteiger partial charge in [-0.2, -0.15) is 0 Å². The quantitative estimate of drug-likeness (QED) is 0.211. The van der Waals surface area contributed by atoms with Crippen molar-refractivity contribution in [1.82, 2.24) is 9.72 Å². The predicted octanol–water partition coefficient (Wildman–Crippen LogP) is 7.21. The van der Waals surface area contributed by atoms with Crippen molar-refractivity contribution in [2.24, 2.45) is 0 Å². The highest BCUT2D eigenvalue weighted by atomic mass is 35.5. The van der Waals surface area contributed by atoms with Crippen molar-refractivity contribution in [3.63, 3.8) is 0 Å². The van der Waals surface area contributed by atoms with E-state index in [0.29, 0.717) is 49.5 Å². The van der Waals surface area contributed by atoms with Crippen LogP contribution in [0.5, 0.6) is 11.5 Å². The van der Waals surface area contributed by atoms with Gasteiger partial charge in [-0.05, 0) is 73.9 Å². The number of alkyl halides is 3. The van der Waals surface area contributed by atoms with Crippen LogP contribution in [0, 0.1) is 12.7 Å². The molecule has 0 aliphatic carbocycles. The summed E-state index contributed by atoms with van der Waals surface area (Å²) in [7, 11) is 0. The monoisotopic (exact) mass is 562 g/mol. The molecule has 5 aromatic rings. The van der Waals surface area contributed by atoms with E-state index in [4.69, 9.17) is 26.0 Å². The molecule has 0 spiro atoms. The van der Waals surface area contributed by atoms with Gasteiger partial charge in [0, 0.05) is 22.2 Å². The minimum Gasteiger partial charge on any atom is -0.479 e. The molecule has 0 fully saturated rings. The number of carbonyl (C=O) groups is 1. The number of benzene rings is 3. The number of carboxylic acid groups (broad SMARTS) is 1. The maximum absolute atomic E-state index is 14.4. The minimum absolute atomic E-state index is 0.143. The normalized spacial score (nSPS) is 12.7. The lowest BCUT2D eigenvalue weighted by Gasteiger charge is -2.13. The number of ether oxygens (including phenoxy) is 2. The number of rotatable bonds is 7. The van der Waals surface area contributed by atoms with E-state index in [1.165, 1.54) is 37.3 Å². The molecule has 7 nitrogen and oxygen atoms in total. The molecule has 1 atom stereocenters. The highest BCUT2D eigenvalue weighted by molar-refractivity contribution is 6.31. The number of aliphatic carboxylic acids is 1. The molecule has 0 aliphatic heterocycles. The SMILES string of the molecule is Cc1c(Cc2ccc(F)c(OC(C)C(=O)O)c2)c2cc(OC(F)(F)F)ccc2n1-c1noc2cc(Cl)ccc12.